The Morgan fingerprint density at radius 3 is 2.41 bits per heavy atom. The van der Waals surface area contributed by atoms with Crippen molar-refractivity contribution in [1.82, 2.24) is 15.2 Å². The highest BCUT2D eigenvalue weighted by Crippen LogP contribution is 2.30. The van der Waals surface area contributed by atoms with Crippen molar-refractivity contribution in [3.05, 3.63) is 83.1 Å². The Morgan fingerprint density at radius 2 is 1.59 bits per heavy atom. The van der Waals surface area contributed by atoms with E-state index in [1.165, 1.54) is 0 Å². The van der Waals surface area contributed by atoms with Crippen LogP contribution in [-0.2, 0) is 6.61 Å². The molecular weight excluding hydrogens is 362 g/mol. The summed E-state index contributed by atoms with van der Waals surface area (Å²) in [5.41, 5.74) is 3.46. The number of hydrogen-bond donors (Lipinski definition) is 0. The van der Waals surface area contributed by atoms with E-state index in [0.717, 1.165) is 22.4 Å². The van der Waals surface area contributed by atoms with E-state index in [-0.39, 0.29) is 0 Å². The quantitative estimate of drug-likeness (QED) is 0.439. The van der Waals surface area contributed by atoms with Crippen molar-refractivity contribution in [1.29, 1.82) is 0 Å². The van der Waals surface area contributed by atoms with E-state index >= 15 is 0 Å². The lowest BCUT2D eigenvalue weighted by Crippen LogP contribution is -1.99. The molecule has 0 unspecified atom stereocenters. The number of pyridine rings is 1. The van der Waals surface area contributed by atoms with E-state index in [2.05, 4.69) is 15.2 Å². The number of aromatic nitrogens is 3. The van der Waals surface area contributed by atoms with Crippen molar-refractivity contribution in [3.63, 3.8) is 0 Å². The Bertz CT molecular complexity index is 1080. The third-order valence-electron chi connectivity index (χ3n) is 4.14. The Kier molecular flexibility index (Phi) is 4.85. The molecule has 0 N–H and O–H groups in total. The van der Waals surface area contributed by atoms with Crippen LogP contribution in [0.1, 0.15) is 11.1 Å². The zero-order valence-electron chi connectivity index (χ0n) is 14.6. The number of aryl methyl sites for hydroxylation is 1. The molecule has 0 atom stereocenters. The molecular formula is C21H16ClN3O2. The second-order valence-corrected chi connectivity index (χ2v) is 6.32. The van der Waals surface area contributed by atoms with Crippen LogP contribution in [0.2, 0.25) is 5.15 Å². The van der Waals surface area contributed by atoms with Gasteiger partial charge in [0.25, 0.3) is 5.89 Å². The summed E-state index contributed by atoms with van der Waals surface area (Å²) in [6.45, 7) is 2.41. The lowest BCUT2D eigenvalue weighted by atomic mass is 10.1. The van der Waals surface area contributed by atoms with Gasteiger partial charge in [-0.3, -0.25) is 0 Å². The fraction of sp³-hybridized carbons (Fsp3) is 0.0952. The normalized spacial score (nSPS) is 10.7. The van der Waals surface area contributed by atoms with Crippen LogP contribution in [-0.4, -0.2) is 15.2 Å². The minimum Gasteiger partial charge on any atom is -0.489 e. The van der Waals surface area contributed by atoms with Crippen molar-refractivity contribution < 1.29 is 9.15 Å². The van der Waals surface area contributed by atoms with Crippen molar-refractivity contribution in [2.45, 2.75) is 13.5 Å². The van der Waals surface area contributed by atoms with E-state index < -0.39 is 0 Å². The van der Waals surface area contributed by atoms with Crippen molar-refractivity contribution in [2.75, 3.05) is 0 Å². The van der Waals surface area contributed by atoms with Crippen LogP contribution in [0.15, 0.2) is 71.3 Å². The predicted molar refractivity (Wildman–Crippen MR) is 103 cm³/mol. The van der Waals surface area contributed by atoms with Gasteiger partial charge in [-0.2, -0.15) is 0 Å². The summed E-state index contributed by atoms with van der Waals surface area (Å²) in [5.74, 6) is 1.59. The van der Waals surface area contributed by atoms with Gasteiger partial charge in [0.05, 0.1) is 5.56 Å². The van der Waals surface area contributed by atoms with Crippen LogP contribution >= 0.6 is 11.6 Å². The summed E-state index contributed by atoms with van der Waals surface area (Å²) in [6.07, 6.45) is 1.61. The molecule has 0 fully saturated rings. The van der Waals surface area contributed by atoms with Crippen LogP contribution < -0.4 is 4.74 Å². The van der Waals surface area contributed by atoms with Gasteiger partial charge in [-0.25, -0.2) is 4.98 Å². The summed E-state index contributed by atoms with van der Waals surface area (Å²) < 4.78 is 11.8. The van der Waals surface area contributed by atoms with E-state index in [4.69, 9.17) is 20.8 Å². The average Bonchev–Trinajstić information content (AvgIpc) is 3.18. The van der Waals surface area contributed by atoms with Gasteiger partial charge < -0.3 is 9.15 Å². The maximum Gasteiger partial charge on any atom is 0.251 e. The third kappa shape index (κ3) is 3.68. The number of ether oxygens (including phenoxy) is 1. The molecule has 134 valence electrons. The van der Waals surface area contributed by atoms with Crippen LogP contribution in [0.25, 0.3) is 22.9 Å². The lowest BCUT2D eigenvalue weighted by Gasteiger charge is -2.10. The first-order valence-corrected chi connectivity index (χ1v) is 8.81. The van der Waals surface area contributed by atoms with Crippen LogP contribution in [0.4, 0.5) is 0 Å². The fourth-order valence-electron chi connectivity index (χ4n) is 2.72. The van der Waals surface area contributed by atoms with Gasteiger partial charge in [0, 0.05) is 17.3 Å². The SMILES string of the molecule is Cc1ccccc1OCc1ccccc1-c1nnc(-c2cccnc2Cl)o1. The van der Waals surface area contributed by atoms with Crippen LogP contribution in [0.5, 0.6) is 5.75 Å². The summed E-state index contributed by atoms with van der Waals surface area (Å²) in [7, 11) is 0. The van der Waals surface area contributed by atoms with E-state index in [0.29, 0.717) is 29.1 Å². The third-order valence-corrected chi connectivity index (χ3v) is 4.44. The van der Waals surface area contributed by atoms with Gasteiger partial charge >= 0.3 is 0 Å². The first-order valence-electron chi connectivity index (χ1n) is 8.43. The fourth-order valence-corrected chi connectivity index (χ4v) is 2.92. The monoisotopic (exact) mass is 377 g/mol. The maximum absolute atomic E-state index is 6.12. The summed E-state index contributed by atoms with van der Waals surface area (Å²) >= 11 is 6.12. The minimum atomic E-state index is 0.323. The largest absolute Gasteiger partial charge is 0.489 e. The molecule has 0 bridgehead atoms. The molecule has 4 rings (SSSR count). The molecule has 2 aromatic carbocycles. The van der Waals surface area contributed by atoms with Crippen molar-refractivity contribution in [3.8, 4) is 28.7 Å². The predicted octanol–water partition coefficient (Wildman–Crippen LogP) is 5.34. The topological polar surface area (TPSA) is 61.0 Å². The van der Waals surface area contributed by atoms with Crippen LogP contribution in [0, 0.1) is 6.92 Å². The van der Waals surface area contributed by atoms with E-state index in [1.54, 1.807) is 18.3 Å². The Morgan fingerprint density at radius 1 is 0.889 bits per heavy atom. The first kappa shape index (κ1) is 17.2. The molecule has 0 saturated carbocycles. The molecule has 2 aromatic heterocycles. The number of nitrogens with zero attached hydrogens (tertiary/aromatic N) is 3. The molecule has 0 radical (unpaired) electrons. The summed E-state index contributed by atoms with van der Waals surface area (Å²) in [6, 6.07) is 19.3. The molecule has 0 aliphatic carbocycles. The Labute approximate surface area is 161 Å². The second kappa shape index (κ2) is 7.60. The highest BCUT2D eigenvalue weighted by atomic mass is 35.5. The molecule has 6 heteroatoms. The number of para-hydroxylation sites is 1. The van der Waals surface area contributed by atoms with Gasteiger partial charge in [0.15, 0.2) is 0 Å². The van der Waals surface area contributed by atoms with E-state index in [9.17, 15) is 0 Å². The molecule has 0 saturated heterocycles. The molecule has 0 aliphatic heterocycles. The Balaban J connectivity index is 1.62. The van der Waals surface area contributed by atoms with Gasteiger partial charge in [-0.1, -0.05) is 48.0 Å². The molecule has 0 aliphatic rings. The number of hydrogen-bond acceptors (Lipinski definition) is 5. The zero-order chi connectivity index (χ0) is 18.6. The average molecular weight is 378 g/mol. The van der Waals surface area contributed by atoms with E-state index in [1.807, 2.05) is 55.5 Å². The number of halogens is 1. The van der Waals surface area contributed by atoms with Gasteiger partial charge in [0.2, 0.25) is 5.89 Å². The molecule has 5 nitrogen and oxygen atoms in total. The molecule has 4 aromatic rings. The number of benzene rings is 2. The van der Waals surface area contributed by atoms with Gasteiger partial charge in [-0.05, 0) is 36.8 Å². The first-order chi connectivity index (χ1) is 13.2. The smallest absolute Gasteiger partial charge is 0.251 e. The summed E-state index contributed by atoms with van der Waals surface area (Å²) in [5, 5.41) is 8.62. The standard InChI is InChI=1S/C21H16ClN3O2/c1-14-7-2-5-11-18(14)26-13-15-8-3-4-9-16(15)20-24-25-21(27-20)17-10-6-12-23-19(17)22/h2-12H,13H2,1H3. The highest BCUT2D eigenvalue weighted by Gasteiger charge is 2.16. The molecule has 27 heavy (non-hydrogen) atoms. The Hall–Kier alpha value is -3.18. The number of rotatable bonds is 5. The van der Waals surface area contributed by atoms with Crippen molar-refractivity contribution >= 4 is 11.6 Å². The second-order valence-electron chi connectivity index (χ2n) is 5.97. The maximum atomic E-state index is 6.12. The van der Waals surface area contributed by atoms with Crippen LogP contribution in [0.3, 0.4) is 0 Å². The molecule has 0 amide bonds. The lowest BCUT2D eigenvalue weighted by molar-refractivity contribution is 0.304. The van der Waals surface area contributed by atoms with Gasteiger partial charge in [-0.15, -0.1) is 10.2 Å². The molecule has 0 spiro atoms. The zero-order valence-corrected chi connectivity index (χ0v) is 15.3. The van der Waals surface area contributed by atoms with Crippen molar-refractivity contribution in [2.24, 2.45) is 0 Å². The highest BCUT2D eigenvalue weighted by molar-refractivity contribution is 6.31. The summed E-state index contributed by atoms with van der Waals surface area (Å²) in [4.78, 5) is 4.04. The minimum absolute atomic E-state index is 0.323. The van der Waals surface area contributed by atoms with Gasteiger partial charge in [0.1, 0.15) is 17.5 Å². The molecule has 2 heterocycles.